The zero-order chi connectivity index (χ0) is 50.8. The minimum Gasteiger partial charge on any atom is -0.457 e. The summed E-state index contributed by atoms with van der Waals surface area (Å²) in [5, 5.41) is 3.96. The van der Waals surface area contributed by atoms with Crippen LogP contribution in [-0.2, 0) is 10.1 Å². The van der Waals surface area contributed by atoms with E-state index in [-0.39, 0.29) is 56.8 Å². The van der Waals surface area contributed by atoms with E-state index in [0.29, 0.717) is 71.5 Å². The summed E-state index contributed by atoms with van der Waals surface area (Å²) < 4.78 is 47.7. The van der Waals surface area contributed by atoms with Crippen molar-refractivity contribution in [2.24, 2.45) is 0 Å². The van der Waals surface area contributed by atoms with Gasteiger partial charge in [0.2, 0.25) is 0 Å². The van der Waals surface area contributed by atoms with Crippen LogP contribution >= 0.6 is 0 Å². The molecule has 4 amide bonds. The van der Waals surface area contributed by atoms with E-state index in [2.05, 4.69) is 0 Å². The highest BCUT2D eigenvalue weighted by Gasteiger charge is 2.42. The molecule has 0 aromatic heterocycles. The molecule has 0 fully saturated rings. The topological polar surface area (TPSA) is 148 Å². The lowest BCUT2D eigenvalue weighted by atomic mass is 9.80. The van der Waals surface area contributed by atoms with Gasteiger partial charge >= 0.3 is 0 Å². The Morgan fingerprint density at radius 1 is 0.403 bits per heavy atom. The summed E-state index contributed by atoms with van der Waals surface area (Å²) in [5.74, 6) is -1.05. The molecule has 9 aromatic carbocycles. The Morgan fingerprint density at radius 3 is 1.12 bits per heavy atom. The second kappa shape index (κ2) is 16.9. The maximum atomic E-state index is 15.5. The van der Waals surface area contributed by atoms with Crippen LogP contribution in [0.1, 0.15) is 143 Å². The smallest absolute Gasteiger partial charge is 0.294 e. The molecule has 0 radical (unpaired) electrons. The fourth-order valence-electron chi connectivity index (χ4n) is 10.9. The SMILES string of the molecule is CC(C)c1cccc(C(C)C)c1N1C(=O)c2ccc3c4c(Oc5ccc(S(=O)(=O)O)cc5)cc5c6c(ccc(c7c(Oc8ccccc8)cc(c2c37)C1=O)c64)C(=O)N(c1c(C(C)C)cccc1C(C)C)C5=O. The van der Waals surface area contributed by atoms with Crippen LogP contribution in [-0.4, -0.2) is 36.6 Å². The first-order valence-corrected chi connectivity index (χ1v) is 25.6. The number of para-hydroxylation sites is 3. The molecule has 1 N–H and O–H groups in total. The van der Waals surface area contributed by atoms with Crippen LogP contribution in [0.25, 0.3) is 43.1 Å². The molecule has 72 heavy (non-hydrogen) atoms. The average Bonchev–Trinajstić information content (AvgIpc) is 3.35. The number of ether oxygens (including phenoxy) is 2. The zero-order valence-corrected chi connectivity index (χ0v) is 41.8. The van der Waals surface area contributed by atoms with Crippen molar-refractivity contribution in [2.45, 2.75) is 84.0 Å². The Morgan fingerprint density at radius 2 is 0.764 bits per heavy atom. The summed E-state index contributed by atoms with van der Waals surface area (Å²) in [7, 11) is -4.55. The van der Waals surface area contributed by atoms with E-state index >= 15 is 19.2 Å². The fourth-order valence-corrected chi connectivity index (χ4v) is 11.4. The van der Waals surface area contributed by atoms with Gasteiger partial charge in [0.15, 0.2) is 0 Å². The summed E-state index contributed by atoms with van der Waals surface area (Å²) in [6.07, 6.45) is 0. The number of hydrogen-bond donors (Lipinski definition) is 1. The van der Waals surface area contributed by atoms with Gasteiger partial charge in [-0.3, -0.25) is 23.7 Å². The molecule has 2 aliphatic heterocycles. The maximum absolute atomic E-state index is 15.5. The lowest BCUT2D eigenvalue weighted by Gasteiger charge is -2.34. The van der Waals surface area contributed by atoms with E-state index in [4.69, 9.17) is 9.47 Å². The van der Waals surface area contributed by atoms with Crippen molar-refractivity contribution in [1.29, 1.82) is 0 Å². The fraction of sp³-hybridized carbons (Fsp3) is 0.200. The van der Waals surface area contributed by atoms with E-state index in [0.717, 1.165) is 22.3 Å². The van der Waals surface area contributed by atoms with Gasteiger partial charge in [-0.25, -0.2) is 9.80 Å². The highest BCUT2D eigenvalue weighted by atomic mass is 32.2. The molecule has 11 nitrogen and oxygen atoms in total. The normalized spacial score (nSPS) is 14.0. The lowest BCUT2D eigenvalue weighted by Crippen LogP contribution is -2.42. The average molecular weight is 975 g/mol. The third-order valence-corrected chi connectivity index (χ3v) is 15.1. The standard InChI is InChI=1S/C60H50N2O9S/c1-30(2)37-16-12-17-38(31(3)4)55(37)61-57(63)43-27-25-42-52-48(71-35-20-22-36(23-21-35)72(67,68)69)29-46-50-44(58(64)62(60(46)66)56-39(32(5)6)18-13-19-40(56)33(7)8)26-24-41(54(50)52)51-47(70-34-14-10-9-11-15-34)28-45(59(61)65)49(43)53(42)51/h9-33H,1-8H3,(H,67,68,69). The Labute approximate surface area is 416 Å². The number of carbonyl (C=O) groups is 4. The van der Waals surface area contributed by atoms with Gasteiger partial charge < -0.3 is 9.47 Å². The Balaban J connectivity index is 1.26. The van der Waals surface area contributed by atoms with Gasteiger partial charge in [-0.2, -0.15) is 8.42 Å². The number of benzene rings is 9. The molecule has 2 aliphatic rings. The first-order chi connectivity index (χ1) is 34.4. The maximum Gasteiger partial charge on any atom is 0.294 e. The van der Waals surface area contributed by atoms with Crippen molar-refractivity contribution >= 4 is 88.2 Å². The third kappa shape index (κ3) is 6.98. The van der Waals surface area contributed by atoms with Crippen molar-refractivity contribution in [1.82, 2.24) is 0 Å². The molecule has 0 saturated heterocycles. The van der Waals surface area contributed by atoms with E-state index < -0.39 is 33.7 Å². The van der Waals surface area contributed by atoms with Crippen LogP contribution < -0.4 is 19.3 Å². The summed E-state index contributed by atoms with van der Waals surface area (Å²) in [6.45, 7) is 16.2. The largest absolute Gasteiger partial charge is 0.457 e. The molecular weight excluding hydrogens is 925 g/mol. The minimum absolute atomic E-state index is 0.0256. The Kier molecular flexibility index (Phi) is 10.9. The first kappa shape index (κ1) is 46.5. The van der Waals surface area contributed by atoms with Gasteiger partial charge in [0.25, 0.3) is 33.7 Å². The molecule has 0 atom stereocenters. The molecule has 0 aliphatic carbocycles. The summed E-state index contributed by atoms with van der Waals surface area (Å²) >= 11 is 0. The van der Waals surface area contributed by atoms with Crippen LogP contribution in [0.2, 0.25) is 0 Å². The van der Waals surface area contributed by atoms with Crippen LogP contribution in [0.5, 0.6) is 23.0 Å². The molecule has 2 heterocycles. The first-order valence-electron chi connectivity index (χ1n) is 24.2. The second-order valence-electron chi connectivity index (χ2n) is 20.0. The van der Waals surface area contributed by atoms with E-state index in [1.807, 2.05) is 134 Å². The molecule has 0 spiro atoms. The molecule has 0 unspecified atom stereocenters. The van der Waals surface area contributed by atoms with Gasteiger partial charge in [-0.1, -0.05) is 122 Å². The molecule has 12 heteroatoms. The molecule has 9 aromatic rings. The molecule has 0 bridgehead atoms. The third-order valence-electron chi connectivity index (χ3n) is 14.2. The van der Waals surface area contributed by atoms with Gasteiger partial charge in [0.1, 0.15) is 23.0 Å². The summed E-state index contributed by atoms with van der Waals surface area (Å²) in [4.78, 5) is 63.9. The number of rotatable bonds is 11. The van der Waals surface area contributed by atoms with Gasteiger partial charge in [0, 0.05) is 43.4 Å². The van der Waals surface area contributed by atoms with Crippen molar-refractivity contribution < 1.29 is 41.6 Å². The monoisotopic (exact) mass is 974 g/mol. The number of amides is 4. The van der Waals surface area contributed by atoms with E-state index in [9.17, 15) is 13.0 Å². The molecular formula is C60H50N2O9S. The van der Waals surface area contributed by atoms with Crippen molar-refractivity contribution in [3.63, 3.8) is 0 Å². The minimum atomic E-state index is -4.55. The van der Waals surface area contributed by atoms with Crippen LogP contribution in [0, 0.1) is 0 Å². The lowest BCUT2D eigenvalue weighted by molar-refractivity contribution is 0.0877. The van der Waals surface area contributed by atoms with Crippen LogP contribution in [0.3, 0.4) is 0 Å². The number of anilines is 2. The zero-order valence-electron chi connectivity index (χ0n) is 40.9. The molecule has 11 rings (SSSR count). The van der Waals surface area contributed by atoms with Gasteiger partial charge in [0.05, 0.1) is 27.4 Å². The number of carbonyl (C=O) groups excluding carboxylic acids is 4. The van der Waals surface area contributed by atoms with Crippen LogP contribution in [0.4, 0.5) is 11.4 Å². The summed E-state index contributed by atoms with van der Waals surface area (Å²) in [5.41, 5.74) is 5.48. The summed E-state index contributed by atoms with van der Waals surface area (Å²) in [6, 6.07) is 36.5. The van der Waals surface area contributed by atoms with Crippen molar-refractivity contribution in [3.05, 3.63) is 172 Å². The number of fused-ring (bicyclic) bond motifs is 2. The van der Waals surface area contributed by atoms with E-state index in [1.165, 1.54) is 34.1 Å². The molecule has 0 saturated carbocycles. The molecule has 360 valence electrons. The predicted molar refractivity (Wildman–Crippen MR) is 282 cm³/mol. The van der Waals surface area contributed by atoms with Crippen molar-refractivity contribution in [3.8, 4) is 23.0 Å². The van der Waals surface area contributed by atoms with Gasteiger partial charge in [-0.05, 0) is 117 Å². The van der Waals surface area contributed by atoms with E-state index in [1.54, 1.807) is 24.3 Å². The highest BCUT2D eigenvalue weighted by molar-refractivity contribution is 7.85. The Bertz CT molecular complexity index is 3880. The van der Waals surface area contributed by atoms with Crippen LogP contribution in [0.15, 0.2) is 132 Å². The number of nitrogens with zero attached hydrogens (tertiary/aromatic N) is 2. The quantitative estimate of drug-likeness (QED) is 0.0579. The number of imide groups is 2. The van der Waals surface area contributed by atoms with Crippen molar-refractivity contribution in [2.75, 3.05) is 9.80 Å². The Hall–Kier alpha value is -7.93. The second-order valence-corrected chi connectivity index (χ2v) is 21.4. The predicted octanol–water partition coefficient (Wildman–Crippen LogP) is 14.7. The highest BCUT2D eigenvalue weighted by Crippen LogP contribution is 2.54. The number of hydrogen-bond acceptors (Lipinski definition) is 8. The van der Waals surface area contributed by atoms with Gasteiger partial charge in [-0.15, -0.1) is 0 Å².